The number of amides is 2. The molecule has 0 atom stereocenters. The average Bonchev–Trinajstić information content (AvgIpc) is 3.14. The quantitative estimate of drug-likeness (QED) is 0.179. The molecule has 0 bridgehead atoms. The minimum atomic E-state index is 0.0502. The molecule has 1 aromatic heterocycles. The van der Waals surface area contributed by atoms with Crippen molar-refractivity contribution < 1.29 is 14.3 Å². The summed E-state index contributed by atoms with van der Waals surface area (Å²) in [4.78, 5) is 38.4. The summed E-state index contributed by atoms with van der Waals surface area (Å²) in [5.41, 5.74) is 4.98. The van der Waals surface area contributed by atoms with Crippen molar-refractivity contribution in [3.05, 3.63) is 108 Å². The van der Waals surface area contributed by atoms with Gasteiger partial charge in [-0.05, 0) is 55.7 Å². The van der Waals surface area contributed by atoms with E-state index in [0.717, 1.165) is 80.1 Å². The number of hydrogen-bond acceptors (Lipinski definition) is 5. The van der Waals surface area contributed by atoms with E-state index >= 15 is 0 Å². The summed E-state index contributed by atoms with van der Waals surface area (Å²) in [6.45, 7) is 7.45. The van der Waals surface area contributed by atoms with E-state index in [0.29, 0.717) is 36.9 Å². The molecule has 3 heterocycles. The zero-order valence-electron chi connectivity index (χ0n) is 26.8. The van der Waals surface area contributed by atoms with E-state index in [-0.39, 0.29) is 11.8 Å². The van der Waals surface area contributed by atoms with Crippen molar-refractivity contribution in [3.63, 3.8) is 0 Å². The van der Waals surface area contributed by atoms with Crippen LogP contribution in [0.25, 0.3) is 22.5 Å². The topological polar surface area (TPSA) is 66.0 Å². The molecule has 2 saturated heterocycles. The summed E-state index contributed by atoms with van der Waals surface area (Å²) in [6, 6.07) is 31.9. The number of carbonyl (C=O) groups excluding carboxylic acids is 2. The van der Waals surface area contributed by atoms with E-state index in [1.165, 1.54) is 6.42 Å². The van der Waals surface area contributed by atoms with Crippen molar-refractivity contribution in [1.29, 1.82) is 0 Å². The molecule has 2 amide bonds. The van der Waals surface area contributed by atoms with Crippen LogP contribution < -0.4 is 4.74 Å². The van der Waals surface area contributed by atoms with Crippen LogP contribution in [0.2, 0.25) is 0 Å². The Kier molecular flexibility index (Phi) is 10.4. The number of carbonyl (C=O) groups is 2. The van der Waals surface area contributed by atoms with Gasteiger partial charge >= 0.3 is 0 Å². The molecule has 7 heteroatoms. The van der Waals surface area contributed by atoms with Gasteiger partial charge in [0.2, 0.25) is 0 Å². The van der Waals surface area contributed by atoms with Gasteiger partial charge < -0.3 is 14.5 Å². The molecule has 46 heavy (non-hydrogen) atoms. The predicted molar refractivity (Wildman–Crippen MR) is 183 cm³/mol. The van der Waals surface area contributed by atoms with Gasteiger partial charge in [0.05, 0.1) is 18.0 Å². The molecule has 238 valence electrons. The number of benzene rings is 3. The van der Waals surface area contributed by atoms with E-state index in [4.69, 9.17) is 9.72 Å². The van der Waals surface area contributed by atoms with Crippen LogP contribution in [0.5, 0.6) is 5.75 Å². The second kappa shape index (κ2) is 15.2. The van der Waals surface area contributed by atoms with E-state index in [9.17, 15) is 9.59 Å². The van der Waals surface area contributed by atoms with Crippen molar-refractivity contribution in [3.8, 4) is 28.3 Å². The van der Waals surface area contributed by atoms with Gasteiger partial charge in [-0.2, -0.15) is 0 Å². The molecule has 0 spiro atoms. The van der Waals surface area contributed by atoms with Crippen molar-refractivity contribution in [2.24, 2.45) is 0 Å². The summed E-state index contributed by atoms with van der Waals surface area (Å²) < 4.78 is 5.81. The van der Waals surface area contributed by atoms with E-state index in [2.05, 4.69) is 11.8 Å². The summed E-state index contributed by atoms with van der Waals surface area (Å²) in [5.74, 6) is 0.962. The SMILES string of the molecule is CCCCCOc1ccc(C(=O)N2CCC(N3CCN(C(=O)c4cc(-c5ccccc5)nc(-c5ccccc5)c4)CC3)CC2)cc1. The number of likely N-dealkylation sites (tertiary alicyclic amines) is 1. The third-order valence-electron chi connectivity index (χ3n) is 9.20. The standard InChI is InChI=1S/C39H44N4O3/c1-2-3-10-27-46-35-17-15-32(16-18-35)38(44)42-21-19-34(20-22-42)41-23-25-43(26-24-41)39(45)33-28-36(30-11-6-4-7-12-30)40-37(29-33)31-13-8-5-9-14-31/h4-9,11-18,28-29,34H,2-3,10,19-27H2,1H3. The van der Waals surface area contributed by atoms with Crippen LogP contribution in [0.4, 0.5) is 0 Å². The maximum atomic E-state index is 13.8. The van der Waals surface area contributed by atoms with E-state index in [1.54, 1.807) is 0 Å². The van der Waals surface area contributed by atoms with Crippen LogP contribution in [0, 0.1) is 0 Å². The number of ether oxygens (including phenoxy) is 1. The second-order valence-electron chi connectivity index (χ2n) is 12.3. The normalized spacial score (nSPS) is 15.9. The Morgan fingerprint density at radius 1 is 0.674 bits per heavy atom. The lowest BCUT2D eigenvalue weighted by Gasteiger charge is -2.42. The van der Waals surface area contributed by atoms with Gasteiger partial charge in [0.1, 0.15) is 5.75 Å². The lowest BCUT2D eigenvalue weighted by atomic mass is 10.0. The Hall–Kier alpha value is -4.49. The molecule has 0 aliphatic carbocycles. The largest absolute Gasteiger partial charge is 0.494 e. The summed E-state index contributed by atoms with van der Waals surface area (Å²) >= 11 is 0. The highest BCUT2D eigenvalue weighted by atomic mass is 16.5. The van der Waals surface area contributed by atoms with Crippen molar-refractivity contribution in [2.75, 3.05) is 45.9 Å². The first-order valence-electron chi connectivity index (χ1n) is 16.8. The summed E-state index contributed by atoms with van der Waals surface area (Å²) in [5, 5.41) is 0. The number of aromatic nitrogens is 1. The number of hydrogen-bond donors (Lipinski definition) is 0. The molecule has 0 unspecified atom stereocenters. The molecular formula is C39H44N4O3. The second-order valence-corrected chi connectivity index (χ2v) is 12.3. The Bertz CT molecular complexity index is 1520. The van der Waals surface area contributed by atoms with Crippen LogP contribution >= 0.6 is 0 Å². The fourth-order valence-electron chi connectivity index (χ4n) is 6.49. The van der Waals surface area contributed by atoms with Crippen LogP contribution in [-0.2, 0) is 0 Å². The minimum Gasteiger partial charge on any atom is -0.494 e. The van der Waals surface area contributed by atoms with Gasteiger partial charge in [0.15, 0.2) is 0 Å². The molecule has 0 N–H and O–H groups in total. The van der Waals surface area contributed by atoms with Crippen molar-refractivity contribution >= 4 is 11.8 Å². The third-order valence-corrected chi connectivity index (χ3v) is 9.20. The fraction of sp³-hybridized carbons (Fsp3) is 0.359. The van der Waals surface area contributed by atoms with Crippen LogP contribution in [-0.4, -0.2) is 83.4 Å². The van der Waals surface area contributed by atoms with Gasteiger partial charge in [0.25, 0.3) is 11.8 Å². The first-order chi connectivity index (χ1) is 22.6. The molecule has 6 rings (SSSR count). The molecule has 3 aromatic carbocycles. The van der Waals surface area contributed by atoms with Crippen molar-refractivity contribution in [2.45, 2.75) is 45.1 Å². The predicted octanol–water partition coefficient (Wildman–Crippen LogP) is 7.05. The minimum absolute atomic E-state index is 0.0502. The Balaban J connectivity index is 1.03. The number of pyridine rings is 1. The maximum absolute atomic E-state index is 13.8. The zero-order chi connectivity index (χ0) is 31.7. The molecule has 0 radical (unpaired) electrons. The number of piperazine rings is 1. The third kappa shape index (κ3) is 7.65. The summed E-state index contributed by atoms with van der Waals surface area (Å²) in [7, 11) is 0. The van der Waals surface area contributed by atoms with Gasteiger partial charge in [-0.1, -0.05) is 80.4 Å². The highest BCUT2D eigenvalue weighted by molar-refractivity contribution is 5.96. The van der Waals surface area contributed by atoms with Gasteiger partial charge in [-0.3, -0.25) is 14.5 Å². The molecule has 7 nitrogen and oxygen atoms in total. The van der Waals surface area contributed by atoms with Gasteiger partial charge in [0, 0.05) is 67.6 Å². The van der Waals surface area contributed by atoms with E-state index < -0.39 is 0 Å². The number of rotatable bonds is 10. The smallest absolute Gasteiger partial charge is 0.254 e. The van der Waals surface area contributed by atoms with Gasteiger partial charge in [-0.25, -0.2) is 4.98 Å². The zero-order valence-corrected chi connectivity index (χ0v) is 26.8. The number of nitrogens with zero attached hydrogens (tertiary/aromatic N) is 4. The highest BCUT2D eigenvalue weighted by Crippen LogP contribution is 2.27. The fourth-order valence-corrected chi connectivity index (χ4v) is 6.49. The Morgan fingerprint density at radius 3 is 1.78 bits per heavy atom. The Morgan fingerprint density at radius 2 is 1.22 bits per heavy atom. The molecule has 2 fully saturated rings. The van der Waals surface area contributed by atoms with Gasteiger partial charge in [-0.15, -0.1) is 0 Å². The Labute approximate surface area is 272 Å². The molecule has 0 saturated carbocycles. The lowest BCUT2D eigenvalue weighted by Crippen LogP contribution is -2.54. The molecule has 2 aliphatic rings. The molecule has 4 aromatic rings. The maximum Gasteiger partial charge on any atom is 0.254 e. The molecule has 2 aliphatic heterocycles. The molecular weight excluding hydrogens is 572 g/mol. The van der Waals surface area contributed by atoms with Crippen LogP contribution in [0.15, 0.2) is 97.1 Å². The van der Waals surface area contributed by atoms with Crippen LogP contribution in [0.1, 0.15) is 59.7 Å². The lowest BCUT2D eigenvalue weighted by molar-refractivity contribution is 0.0412. The highest BCUT2D eigenvalue weighted by Gasteiger charge is 2.31. The van der Waals surface area contributed by atoms with Crippen molar-refractivity contribution in [1.82, 2.24) is 19.7 Å². The summed E-state index contributed by atoms with van der Waals surface area (Å²) in [6.07, 6.45) is 5.28. The first-order valence-corrected chi connectivity index (χ1v) is 16.8. The first kappa shape index (κ1) is 31.5. The van der Waals surface area contributed by atoms with E-state index in [1.807, 2.05) is 107 Å². The average molecular weight is 617 g/mol. The monoisotopic (exact) mass is 616 g/mol. The van der Waals surface area contributed by atoms with Crippen LogP contribution in [0.3, 0.4) is 0 Å². The number of piperidine rings is 1. The number of unbranched alkanes of at least 4 members (excludes halogenated alkanes) is 2.